The minimum Gasteiger partial charge on any atom is -0.491 e. The standard InChI is InChI=1S/C31H31N5O3/c1-21-9-11-22(12-10-21)36-28(19-27(34-36)31(2,3)4)33-30(38)29(37)25-13-14-26(24-8-6-5-7-23(24)25)39-18-17-35-16-15-32-20-35/h5-16,19-20H,17-18H2,1-4H3,(H,33,38). The molecule has 3 aromatic carbocycles. The van der Waals surface area contributed by atoms with Gasteiger partial charge in [-0.2, -0.15) is 5.10 Å². The highest BCUT2D eigenvalue weighted by molar-refractivity contribution is 6.48. The van der Waals surface area contributed by atoms with E-state index in [1.165, 1.54) is 0 Å². The fraction of sp³-hybridized carbons (Fsp3) is 0.226. The van der Waals surface area contributed by atoms with Gasteiger partial charge in [-0.25, -0.2) is 9.67 Å². The number of rotatable bonds is 8. The van der Waals surface area contributed by atoms with Crippen LogP contribution < -0.4 is 10.1 Å². The Kier molecular flexibility index (Phi) is 7.02. The van der Waals surface area contributed by atoms with E-state index in [-0.39, 0.29) is 5.41 Å². The number of ketones is 1. The van der Waals surface area contributed by atoms with E-state index in [1.807, 2.05) is 72.3 Å². The summed E-state index contributed by atoms with van der Waals surface area (Å²) in [5.41, 5.74) is 2.77. The third kappa shape index (κ3) is 5.60. The quantitative estimate of drug-likeness (QED) is 0.208. The van der Waals surface area contributed by atoms with Gasteiger partial charge in [0, 0.05) is 34.8 Å². The predicted octanol–water partition coefficient (Wildman–Crippen LogP) is 5.73. The van der Waals surface area contributed by atoms with E-state index in [0.717, 1.165) is 22.3 Å². The molecule has 0 aliphatic rings. The normalized spacial score (nSPS) is 11.5. The summed E-state index contributed by atoms with van der Waals surface area (Å²) in [5.74, 6) is -0.284. The van der Waals surface area contributed by atoms with Gasteiger partial charge in [0.15, 0.2) is 0 Å². The number of fused-ring (bicyclic) bond motifs is 1. The zero-order valence-electron chi connectivity index (χ0n) is 22.5. The molecule has 5 aromatic rings. The maximum atomic E-state index is 13.4. The average molecular weight is 522 g/mol. The lowest BCUT2D eigenvalue weighted by molar-refractivity contribution is -0.112. The number of aryl methyl sites for hydroxylation is 1. The molecule has 2 heterocycles. The van der Waals surface area contributed by atoms with Gasteiger partial charge in [-0.15, -0.1) is 0 Å². The van der Waals surface area contributed by atoms with Crippen LogP contribution in [0.1, 0.15) is 42.4 Å². The van der Waals surface area contributed by atoms with Crippen molar-refractivity contribution >= 4 is 28.3 Å². The van der Waals surface area contributed by atoms with Gasteiger partial charge in [-0.05, 0) is 36.6 Å². The molecule has 0 radical (unpaired) electrons. The summed E-state index contributed by atoms with van der Waals surface area (Å²) >= 11 is 0. The molecule has 8 heteroatoms. The second-order valence-electron chi connectivity index (χ2n) is 10.5. The van der Waals surface area contributed by atoms with Crippen molar-refractivity contribution in [3.8, 4) is 11.4 Å². The number of hydrogen-bond donors (Lipinski definition) is 1. The van der Waals surface area contributed by atoms with Crippen LogP contribution in [0.25, 0.3) is 16.5 Å². The lowest BCUT2D eigenvalue weighted by Crippen LogP contribution is -2.24. The summed E-state index contributed by atoms with van der Waals surface area (Å²) in [6, 6.07) is 20.5. The van der Waals surface area contributed by atoms with Crippen LogP contribution in [0.3, 0.4) is 0 Å². The first-order valence-corrected chi connectivity index (χ1v) is 12.8. The van der Waals surface area contributed by atoms with Crippen LogP contribution in [0.4, 0.5) is 5.82 Å². The van der Waals surface area contributed by atoms with Gasteiger partial charge in [-0.3, -0.25) is 9.59 Å². The van der Waals surface area contributed by atoms with Crippen LogP contribution in [0.5, 0.6) is 5.75 Å². The number of nitrogens with one attached hydrogen (secondary N) is 1. The molecular formula is C31H31N5O3. The molecular weight excluding hydrogens is 490 g/mol. The summed E-state index contributed by atoms with van der Waals surface area (Å²) in [7, 11) is 0. The molecule has 1 N–H and O–H groups in total. The maximum absolute atomic E-state index is 13.4. The van der Waals surface area contributed by atoms with Crippen LogP contribution in [0, 0.1) is 6.92 Å². The van der Waals surface area contributed by atoms with Crippen molar-refractivity contribution in [2.75, 3.05) is 11.9 Å². The molecule has 0 aliphatic carbocycles. The molecule has 198 valence electrons. The number of imidazole rings is 1. The molecule has 0 spiro atoms. The van der Waals surface area contributed by atoms with E-state index in [2.05, 4.69) is 31.1 Å². The third-order valence-corrected chi connectivity index (χ3v) is 6.50. The summed E-state index contributed by atoms with van der Waals surface area (Å²) in [6.07, 6.45) is 5.33. The lowest BCUT2D eigenvalue weighted by Gasteiger charge is -2.14. The number of anilines is 1. The predicted molar refractivity (Wildman–Crippen MR) is 152 cm³/mol. The van der Waals surface area contributed by atoms with Crippen molar-refractivity contribution in [2.45, 2.75) is 39.7 Å². The van der Waals surface area contributed by atoms with Gasteiger partial charge >= 0.3 is 0 Å². The first-order valence-electron chi connectivity index (χ1n) is 12.8. The summed E-state index contributed by atoms with van der Waals surface area (Å²) < 4.78 is 9.61. The summed E-state index contributed by atoms with van der Waals surface area (Å²) in [5, 5.41) is 8.98. The molecule has 0 saturated carbocycles. The molecule has 8 nitrogen and oxygen atoms in total. The fourth-order valence-electron chi connectivity index (χ4n) is 4.29. The van der Waals surface area contributed by atoms with Gasteiger partial charge in [0.05, 0.1) is 24.3 Å². The van der Waals surface area contributed by atoms with E-state index in [4.69, 9.17) is 9.84 Å². The largest absolute Gasteiger partial charge is 0.491 e. The number of carbonyl (C=O) groups is 2. The van der Waals surface area contributed by atoms with E-state index < -0.39 is 11.7 Å². The minimum absolute atomic E-state index is 0.247. The third-order valence-electron chi connectivity index (χ3n) is 6.50. The van der Waals surface area contributed by atoms with Crippen LogP contribution >= 0.6 is 0 Å². The molecule has 0 fully saturated rings. The Bertz CT molecular complexity index is 1630. The number of amides is 1. The monoisotopic (exact) mass is 521 g/mol. The highest BCUT2D eigenvalue weighted by Gasteiger charge is 2.25. The Morgan fingerprint density at radius 3 is 2.41 bits per heavy atom. The number of aromatic nitrogens is 4. The number of Topliss-reactive ketones (excluding diaryl/α,β-unsaturated/α-hetero) is 1. The number of benzene rings is 3. The van der Waals surface area contributed by atoms with Crippen LogP contribution in [-0.2, 0) is 16.8 Å². The van der Waals surface area contributed by atoms with E-state index in [9.17, 15) is 9.59 Å². The highest BCUT2D eigenvalue weighted by Crippen LogP contribution is 2.30. The topological polar surface area (TPSA) is 91.0 Å². The minimum atomic E-state index is -0.734. The Labute approximate surface area is 227 Å². The van der Waals surface area contributed by atoms with Gasteiger partial charge in [-0.1, -0.05) is 62.7 Å². The average Bonchev–Trinajstić information content (AvgIpc) is 3.59. The number of nitrogens with zero attached hydrogens (tertiary/aromatic N) is 4. The molecule has 0 saturated heterocycles. The molecule has 39 heavy (non-hydrogen) atoms. The van der Waals surface area contributed by atoms with E-state index >= 15 is 0 Å². The highest BCUT2D eigenvalue weighted by atomic mass is 16.5. The zero-order chi connectivity index (χ0) is 27.6. The van der Waals surface area contributed by atoms with Crippen molar-refractivity contribution in [1.29, 1.82) is 0 Å². The summed E-state index contributed by atoms with van der Waals surface area (Å²) in [4.78, 5) is 30.8. The maximum Gasteiger partial charge on any atom is 0.297 e. The molecule has 5 rings (SSSR count). The molecule has 2 aromatic heterocycles. The second kappa shape index (κ2) is 10.6. The first-order chi connectivity index (χ1) is 18.7. The Morgan fingerprint density at radius 1 is 0.974 bits per heavy atom. The number of hydrogen-bond acceptors (Lipinski definition) is 5. The smallest absolute Gasteiger partial charge is 0.297 e. The van der Waals surface area contributed by atoms with Crippen molar-refractivity contribution < 1.29 is 14.3 Å². The van der Waals surface area contributed by atoms with Crippen molar-refractivity contribution in [1.82, 2.24) is 19.3 Å². The molecule has 0 atom stereocenters. The molecule has 1 amide bonds. The number of ether oxygens (including phenoxy) is 1. The Balaban J connectivity index is 1.41. The zero-order valence-corrected chi connectivity index (χ0v) is 22.5. The van der Waals surface area contributed by atoms with Crippen molar-refractivity contribution in [2.24, 2.45) is 0 Å². The lowest BCUT2D eigenvalue weighted by atomic mass is 9.92. The Hall–Kier alpha value is -4.72. The molecule has 0 bridgehead atoms. The molecule has 0 aliphatic heterocycles. The van der Waals surface area contributed by atoms with Crippen LogP contribution in [0.2, 0.25) is 0 Å². The van der Waals surface area contributed by atoms with E-state index in [1.54, 1.807) is 29.3 Å². The van der Waals surface area contributed by atoms with Crippen LogP contribution in [0.15, 0.2) is 85.5 Å². The summed E-state index contributed by atoms with van der Waals surface area (Å²) in [6.45, 7) is 9.25. The van der Waals surface area contributed by atoms with Crippen LogP contribution in [-0.4, -0.2) is 37.6 Å². The second-order valence-corrected chi connectivity index (χ2v) is 10.5. The van der Waals surface area contributed by atoms with E-state index in [0.29, 0.717) is 35.7 Å². The first kappa shape index (κ1) is 25.9. The van der Waals surface area contributed by atoms with Gasteiger partial charge in [0.1, 0.15) is 18.2 Å². The Morgan fingerprint density at radius 2 is 1.72 bits per heavy atom. The number of carbonyl (C=O) groups excluding carboxylic acids is 2. The molecule has 0 unspecified atom stereocenters. The van der Waals surface area contributed by atoms with Gasteiger partial charge in [0.2, 0.25) is 0 Å². The fourth-order valence-corrected chi connectivity index (χ4v) is 4.29. The van der Waals surface area contributed by atoms with Crippen molar-refractivity contribution in [3.05, 3.63) is 102 Å². The van der Waals surface area contributed by atoms with Gasteiger partial charge in [0.25, 0.3) is 11.7 Å². The van der Waals surface area contributed by atoms with Gasteiger partial charge < -0.3 is 14.6 Å². The SMILES string of the molecule is Cc1ccc(-n2nc(C(C)(C)C)cc2NC(=O)C(=O)c2ccc(OCCn3ccnc3)c3ccccc23)cc1. The van der Waals surface area contributed by atoms with Crippen molar-refractivity contribution in [3.63, 3.8) is 0 Å².